The lowest BCUT2D eigenvalue weighted by Gasteiger charge is -2.49. The number of benzene rings is 3. The zero-order valence-electron chi connectivity index (χ0n) is 40.6. The number of thiazole rings is 1. The van der Waals surface area contributed by atoms with E-state index in [1.165, 1.54) is 48.0 Å². The molecule has 5 aromatic rings. The molecule has 4 heterocycles. The molecule has 0 unspecified atom stereocenters. The molecule has 3 amide bonds. The van der Waals surface area contributed by atoms with Gasteiger partial charge in [0.25, 0.3) is 11.8 Å². The third-order valence-electron chi connectivity index (χ3n) is 10.6. The molecule has 18 nitrogen and oxygen atoms in total. The van der Waals surface area contributed by atoms with E-state index in [4.69, 9.17) is 23.8 Å². The van der Waals surface area contributed by atoms with Crippen molar-refractivity contribution in [2.75, 3.05) is 18.2 Å². The minimum atomic E-state index is -1.68. The van der Waals surface area contributed by atoms with Crippen molar-refractivity contribution < 1.29 is 62.5 Å². The molecule has 4 N–H and O–H groups in total. The van der Waals surface area contributed by atoms with Crippen LogP contribution in [-0.4, -0.2) is 96.7 Å². The Morgan fingerprint density at radius 1 is 0.901 bits per heavy atom. The molecule has 0 bridgehead atoms. The van der Waals surface area contributed by atoms with Crippen LogP contribution < -0.4 is 19.9 Å². The van der Waals surface area contributed by atoms with Gasteiger partial charge in [-0.1, -0.05) is 53.7 Å². The van der Waals surface area contributed by atoms with Gasteiger partial charge < -0.3 is 39.3 Å². The number of fused-ring (bicyclic) bond motifs is 2. The van der Waals surface area contributed by atoms with Crippen molar-refractivity contribution in [2.45, 2.75) is 96.8 Å². The smallest absolute Gasteiger partial charge is 0.413 e. The number of amides is 3. The Labute approximate surface area is 418 Å². The zero-order chi connectivity index (χ0) is 51.4. The molecule has 2 aromatic heterocycles. The molecule has 1 saturated heterocycles. The van der Waals surface area contributed by atoms with Gasteiger partial charge in [0.2, 0.25) is 11.1 Å². The number of oxime groups is 1. The average Bonchev–Trinajstić information content (AvgIpc) is 3.76. The molecule has 7 rings (SSSR count). The van der Waals surface area contributed by atoms with Crippen LogP contribution >= 0.6 is 23.1 Å². The maximum Gasteiger partial charge on any atom is 0.413 e. The van der Waals surface area contributed by atoms with Gasteiger partial charge >= 0.3 is 18.0 Å². The van der Waals surface area contributed by atoms with Crippen LogP contribution in [0.15, 0.2) is 107 Å². The number of aromatic nitrogens is 2. The Bertz CT molecular complexity index is 2950. The van der Waals surface area contributed by atoms with Crippen LogP contribution in [0.3, 0.4) is 0 Å². The maximum absolute atomic E-state index is 14.2. The number of nitrogens with zero attached hydrogens (tertiary/aromatic N) is 4. The second-order valence-corrected chi connectivity index (χ2v) is 20.9. The van der Waals surface area contributed by atoms with Crippen molar-refractivity contribution in [3.8, 4) is 17.2 Å². The van der Waals surface area contributed by atoms with E-state index < -0.39 is 63.8 Å². The van der Waals surface area contributed by atoms with Gasteiger partial charge in [-0.25, -0.2) is 19.4 Å². The monoisotopic (exact) mass is 1010 g/mol. The normalized spacial score (nSPS) is 16.3. The summed E-state index contributed by atoms with van der Waals surface area (Å²) in [5.41, 5.74) is -0.0804. The number of pyridine rings is 1. The molecule has 0 aliphatic carbocycles. The third-order valence-corrected chi connectivity index (χ3v) is 12.7. The maximum atomic E-state index is 14.2. The molecule has 2 aliphatic rings. The molecule has 2 aliphatic heterocycles. The first-order chi connectivity index (χ1) is 33.5. The third kappa shape index (κ3) is 12.7. The first kappa shape index (κ1) is 51.4. The van der Waals surface area contributed by atoms with Gasteiger partial charge in [-0.15, -0.1) is 23.1 Å². The number of nitrogens with one attached hydrogen (secondary N) is 2. The van der Waals surface area contributed by atoms with Crippen LogP contribution in [0.4, 0.5) is 9.93 Å². The average molecular weight is 1010 g/mol. The summed E-state index contributed by atoms with van der Waals surface area (Å²) in [7, 11) is 1.55. The van der Waals surface area contributed by atoms with Crippen LogP contribution in [0.25, 0.3) is 17.0 Å². The van der Waals surface area contributed by atoms with E-state index in [1.807, 2.05) is 53.2 Å². The lowest BCUT2D eigenvalue weighted by Crippen LogP contribution is -2.71. The number of carbonyl (C=O) groups excluding carboxylic acids is 5. The molecule has 0 radical (unpaired) electrons. The lowest BCUT2D eigenvalue weighted by molar-refractivity contribution is -0.662. The van der Waals surface area contributed by atoms with Gasteiger partial charge in [0.15, 0.2) is 35.1 Å². The first-order valence-corrected chi connectivity index (χ1v) is 24.3. The highest BCUT2D eigenvalue weighted by atomic mass is 32.2. The number of ether oxygens (including phenoxy) is 4. The van der Waals surface area contributed by atoms with E-state index in [0.717, 1.165) is 33.4 Å². The van der Waals surface area contributed by atoms with E-state index in [-0.39, 0.29) is 40.4 Å². The van der Waals surface area contributed by atoms with E-state index in [0.29, 0.717) is 23.4 Å². The molecular formula is C51H55N6O12S2+. The second kappa shape index (κ2) is 20.9. The van der Waals surface area contributed by atoms with E-state index in [2.05, 4.69) is 20.8 Å². The Morgan fingerprint density at radius 2 is 1.58 bits per heavy atom. The summed E-state index contributed by atoms with van der Waals surface area (Å²) < 4.78 is 23.9. The number of thioether (sulfide) groups is 1. The van der Waals surface area contributed by atoms with Crippen LogP contribution in [0.1, 0.15) is 77.8 Å². The van der Waals surface area contributed by atoms with Crippen molar-refractivity contribution in [2.24, 2.45) is 5.16 Å². The van der Waals surface area contributed by atoms with Crippen molar-refractivity contribution in [3.63, 3.8) is 0 Å². The number of β-lactam (4-membered cyclic amide) rings is 1. The van der Waals surface area contributed by atoms with Crippen LogP contribution in [0.5, 0.6) is 17.2 Å². The van der Waals surface area contributed by atoms with Crippen LogP contribution in [-0.2, 0) is 51.4 Å². The summed E-state index contributed by atoms with van der Waals surface area (Å²) in [4.78, 5) is 79.6. The number of anilines is 1. The summed E-state index contributed by atoms with van der Waals surface area (Å²) in [5, 5.41) is 31.0. The molecule has 3 aromatic carbocycles. The molecule has 2 atom stereocenters. The Hall–Kier alpha value is -7.45. The standard InChI is InChI=1S/C51H54N6O12S2/c1-49(2,3)67-46(63)51(7,8)69-55-39(35-28-71-47(52-35)54-48(64)68-50(4,5)6)42(60)53-40-43(61)57-41(45(62)66-26-31-17-20-34(65-9)21-18-31)33(27-70-44(40)57)19-16-29-12-14-30(15-13-29)25-56-22-10-11-32-23-37(58)38(59)24-36(32)56/h10-24,28,40,44H,25-27H2,1-9H3,(H3,52,53,54,58,60,64)/p+1/b19-16+,55-39-/t40-,44-/m1/s1. The SMILES string of the molecule is COc1ccc(COC(=O)C2=C(/C=C/c3ccc(C[n+]4cccc5cc(O)c(O)cc54)cc3)CS[C@@H]3[C@H](NC(=O)/C(=N\OC(C)(C)C(=O)OC(C)(C)C)c4csc(NC(=O)OC(C)(C)C)n4)C(=O)N23)cc1. The van der Waals surface area contributed by atoms with Crippen molar-refractivity contribution in [3.05, 3.63) is 124 Å². The zero-order valence-corrected chi connectivity index (χ0v) is 42.2. The van der Waals surface area contributed by atoms with Crippen molar-refractivity contribution in [1.29, 1.82) is 0 Å². The van der Waals surface area contributed by atoms with E-state index in [1.54, 1.807) is 79.0 Å². The number of allylic oxidation sites excluding steroid dienone is 1. The molecular weight excluding hydrogens is 953 g/mol. The number of phenols is 2. The van der Waals surface area contributed by atoms with Crippen LogP contribution in [0.2, 0.25) is 0 Å². The number of aromatic hydroxyl groups is 2. The number of hydrogen-bond donors (Lipinski definition) is 4. The Kier molecular flexibility index (Phi) is 15.1. The number of esters is 2. The number of phenolic OH excluding ortho intramolecular Hbond substituents is 2. The molecule has 0 spiro atoms. The van der Waals surface area contributed by atoms with Gasteiger partial charge in [0, 0.05) is 22.8 Å². The van der Waals surface area contributed by atoms with Crippen molar-refractivity contribution >= 4 is 80.8 Å². The minimum absolute atomic E-state index is 0.0148. The number of hydrogen-bond acceptors (Lipinski definition) is 16. The quantitative estimate of drug-likeness (QED) is 0.0153. The largest absolute Gasteiger partial charge is 0.504 e. The van der Waals surface area contributed by atoms with Gasteiger partial charge in [-0.2, -0.15) is 4.57 Å². The number of methoxy groups -OCH3 is 1. The van der Waals surface area contributed by atoms with E-state index >= 15 is 0 Å². The molecule has 1 fully saturated rings. The first-order valence-electron chi connectivity index (χ1n) is 22.3. The van der Waals surface area contributed by atoms with Gasteiger partial charge in [0.05, 0.1) is 18.6 Å². The summed E-state index contributed by atoms with van der Waals surface area (Å²) in [6, 6.07) is 20.3. The predicted molar refractivity (Wildman–Crippen MR) is 266 cm³/mol. The Balaban J connectivity index is 1.13. The molecule has 20 heteroatoms. The molecule has 71 heavy (non-hydrogen) atoms. The van der Waals surface area contributed by atoms with Crippen molar-refractivity contribution in [1.82, 2.24) is 15.2 Å². The number of rotatable bonds is 15. The summed E-state index contributed by atoms with van der Waals surface area (Å²) in [6.07, 6.45) is 4.69. The lowest BCUT2D eigenvalue weighted by atomic mass is 10.0. The fourth-order valence-corrected chi connectivity index (χ4v) is 9.10. The fourth-order valence-electron chi connectivity index (χ4n) is 7.10. The fraction of sp³-hybridized carbons (Fsp3) is 0.333. The Morgan fingerprint density at radius 3 is 2.25 bits per heavy atom. The highest BCUT2D eigenvalue weighted by molar-refractivity contribution is 8.00. The summed E-state index contributed by atoms with van der Waals surface area (Å²) in [6.45, 7) is 13.4. The topological polar surface area (TPSA) is 228 Å². The highest BCUT2D eigenvalue weighted by Gasteiger charge is 2.54. The number of carbonyl (C=O) groups is 5. The second-order valence-electron chi connectivity index (χ2n) is 19.0. The van der Waals surface area contributed by atoms with E-state index in [9.17, 15) is 34.2 Å². The molecule has 0 saturated carbocycles. The summed E-state index contributed by atoms with van der Waals surface area (Å²) >= 11 is 2.29. The van der Waals surface area contributed by atoms with Crippen LogP contribution in [0, 0.1) is 0 Å². The highest BCUT2D eigenvalue weighted by Crippen LogP contribution is 2.41. The minimum Gasteiger partial charge on any atom is -0.504 e. The molecule has 372 valence electrons. The predicted octanol–water partition coefficient (Wildman–Crippen LogP) is 7.35. The van der Waals surface area contributed by atoms with Gasteiger partial charge in [0.1, 0.15) is 46.4 Å². The summed E-state index contributed by atoms with van der Waals surface area (Å²) in [5.74, 6) is -2.54. The van der Waals surface area contributed by atoms with Gasteiger partial charge in [-0.3, -0.25) is 19.8 Å². The van der Waals surface area contributed by atoms with Gasteiger partial charge in [-0.05, 0) is 96.4 Å².